The van der Waals surface area contributed by atoms with E-state index >= 15 is 0 Å². The first kappa shape index (κ1) is 14.8. The monoisotopic (exact) mass is 293 g/mol. The van der Waals surface area contributed by atoms with Crippen LogP contribution in [-0.4, -0.2) is 37.6 Å². The third-order valence-electron chi connectivity index (χ3n) is 2.73. The minimum atomic E-state index is -0.517. The topological polar surface area (TPSA) is 82.1 Å². The molecular formula is C14H15NO6. The Kier molecular flexibility index (Phi) is 4.42. The first-order valence-electron chi connectivity index (χ1n) is 6.42. The number of carbonyl (C=O) groups excluding carboxylic acids is 3. The summed E-state index contributed by atoms with van der Waals surface area (Å²) in [6.07, 6.45) is 0. The fourth-order valence-corrected chi connectivity index (χ4v) is 1.92. The zero-order valence-electron chi connectivity index (χ0n) is 11.8. The molecule has 112 valence electrons. The van der Waals surface area contributed by atoms with Crippen molar-refractivity contribution in [3.8, 4) is 11.5 Å². The van der Waals surface area contributed by atoms with E-state index in [2.05, 4.69) is 0 Å². The minimum absolute atomic E-state index is 0.153. The lowest BCUT2D eigenvalue weighted by Crippen LogP contribution is -2.42. The number of benzene rings is 1. The second-order valence-electron chi connectivity index (χ2n) is 4.30. The first-order chi connectivity index (χ1) is 10.0. The number of rotatable bonds is 4. The molecule has 0 saturated heterocycles. The Labute approximate surface area is 121 Å². The van der Waals surface area contributed by atoms with Gasteiger partial charge < -0.3 is 14.2 Å². The Balaban J connectivity index is 2.28. The van der Waals surface area contributed by atoms with Crippen molar-refractivity contribution < 1.29 is 28.6 Å². The van der Waals surface area contributed by atoms with Crippen LogP contribution in [-0.2, 0) is 19.1 Å². The summed E-state index contributed by atoms with van der Waals surface area (Å²) >= 11 is 0. The summed E-state index contributed by atoms with van der Waals surface area (Å²) in [6.45, 7) is 2.83. The summed E-state index contributed by atoms with van der Waals surface area (Å²) in [7, 11) is 0. The van der Waals surface area contributed by atoms with Crippen LogP contribution >= 0.6 is 0 Å². The molecule has 0 radical (unpaired) electrons. The number of carbonyl (C=O) groups is 3. The lowest BCUT2D eigenvalue weighted by Gasteiger charge is -2.28. The Morgan fingerprint density at radius 2 is 2.14 bits per heavy atom. The van der Waals surface area contributed by atoms with Crippen LogP contribution in [0.1, 0.15) is 13.8 Å². The second-order valence-corrected chi connectivity index (χ2v) is 4.30. The highest BCUT2D eigenvalue weighted by Gasteiger charge is 2.28. The van der Waals surface area contributed by atoms with Crippen molar-refractivity contribution in [1.82, 2.24) is 0 Å². The molecule has 1 heterocycles. The van der Waals surface area contributed by atoms with Gasteiger partial charge in [0.2, 0.25) is 0 Å². The molecule has 0 spiro atoms. The number of hydrogen-bond acceptors (Lipinski definition) is 6. The predicted octanol–water partition coefficient (Wildman–Crippen LogP) is 0.900. The van der Waals surface area contributed by atoms with E-state index < -0.39 is 11.9 Å². The maximum absolute atomic E-state index is 11.9. The van der Waals surface area contributed by atoms with E-state index in [1.54, 1.807) is 19.1 Å². The summed E-state index contributed by atoms with van der Waals surface area (Å²) in [6, 6.07) is 4.61. The van der Waals surface area contributed by atoms with Crippen LogP contribution in [0.3, 0.4) is 0 Å². The summed E-state index contributed by atoms with van der Waals surface area (Å²) < 4.78 is 15.1. The van der Waals surface area contributed by atoms with Crippen molar-refractivity contribution in [3.05, 3.63) is 18.2 Å². The molecule has 7 heteroatoms. The molecule has 1 aromatic rings. The molecule has 0 fully saturated rings. The zero-order chi connectivity index (χ0) is 15.4. The van der Waals surface area contributed by atoms with E-state index in [0.717, 1.165) is 0 Å². The van der Waals surface area contributed by atoms with Gasteiger partial charge in [-0.3, -0.25) is 19.3 Å². The maximum Gasteiger partial charge on any atom is 0.326 e. The van der Waals surface area contributed by atoms with Gasteiger partial charge >= 0.3 is 11.9 Å². The normalized spacial score (nSPS) is 13.2. The van der Waals surface area contributed by atoms with Gasteiger partial charge in [-0.1, -0.05) is 0 Å². The van der Waals surface area contributed by atoms with E-state index in [1.807, 2.05) is 0 Å². The number of ether oxygens (including phenoxy) is 3. The molecule has 2 rings (SSSR count). The number of amides is 1. The minimum Gasteiger partial charge on any atom is -0.482 e. The van der Waals surface area contributed by atoms with Crippen molar-refractivity contribution in [1.29, 1.82) is 0 Å². The third-order valence-corrected chi connectivity index (χ3v) is 2.73. The SMILES string of the molecule is CCOC(=O)CN1C(=O)COc2ccc(OC(C)=O)cc21. The zero-order valence-corrected chi connectivity index (χ0v) is 11.8. The summed E-state index contributed by atoms with van der Waals surface area (Å²) in [5.41, 5.74) is 0.373. The molecule has 0 saturated carbocycles. The molecule has 0 atom stereocenters. The Morgan fingerprint density at radius 1 is 1.38 bits per heavy atom. The number of hydrogen-bond donors (Lipinski definition) is 0. The number of nitrogens with zero attached hydrogens (tertiary/aromatic N) is 1. The van der Waals surface area contributed by atoms with Gasteiger partial charge in [0.25, 0.3) is 5.91 Å². The average Bonchev–Trinajstić information content (AvgIpc) is 2.42. The van der Waals surface area contributed by atoms with Crippen molar-refractivity contribution in [2.75, 3.05) is 24.7 Å². The van der Waals surface area contributed by atoms with E-state index in [0.29, 0.717) is 11.4 Å². The van der Waals surface area contributed by atoms with Crippen molar-refractivity contribution >= 4 is 23.5 Å². The summed E-state index contributed by atoms with van der Waals surface area (Å²) in [5, 5.41) is 0. The van der Waals surface area contributed by atoms with E-state index in [4.69, 9.17) is 14.2 Å². The van der Waals surface area contributed by atoms with Crippen LogP contribution in [0.5, 0.6) is 11.5 Å². The molecule has 1 aromatic carbocycles. The van der Waals surface area contributed by atoms with Gasteiger partial charge in [-0.05, 0) is 19.1 Å². The molecule has 0 N–H and O–H groups in total. The van der Waals surface area contributed by atoms with Crippen LogP contribution < -0.4 is 14.4 Å². The standard InChI is InChI=1S/C14H15NO6/c1-3-19-14(18)7-15-11-6-10(21-9(2)16)4-5-12(11)20-8-13(15)17/h4-6H,3,7-8H2,1-2H3. The second kappa shape index (κ2) is 6.25. The highest BCUT2D eigenvalue weighted by Crippen LogP contribution is 2.35. The Hall–Kier alpha value is -2.57. The van der Waals surface area contributed by atoms with Crippen LogP contribution in [0.15, 0.2) is 18.2 Å². The van der Waals surface area contributed by atoms with Gasteiger partial charge in [0.05, 0.1) is 12.3 Å². The van der Waals surface area contributed by atoms with Crippen molar-refractivity contribution in [2.45, 2.75) is 13.8 Å². The number of anilines is 1. The predicted molar refractivity (Wildman–Crippen MR) is 72.2 cm³/mol. The maximum atomic E-state index is 11.9. The molecule has 1 aliphatic rings. The van der Waals surface area contributed by atoms with Crippen LogP contribution in [0.25, 0.3) is 0 Å². The van der Waals surface area contributed by atoms with Gasteiger partial charge in [0.1, 0.15) is 18.0 Å². The smallest absolute Gasteiger partial charge is 0.326 e. The molecule has 0 aliphatic carbocycles. The summed E-state index contributed by atoms with van der Waals surface area (Å²) in [5.74, 6) is -0.648. The molecule has 1 aliphatic heterocycles. The fourth-order valence-electron chi connectivity index (χ4n) is 1.92. The van der Waals surface area contributed by atoms with Crippen LogP contribution in [0.2, 0.25) is 0 Å². The molecule has 0 bridgehead atoms. The van der Waals surface area contributed by atoms with Gasteiger partial charge in [0.15, 0.2) is 6.61 Å². The molecule has 1 amide bonds. The highest BCUT2D eigenvalue weighted by molar-refractivity contribution is 6.01. The molecule has 0 unspecified atom stereocenters. The molecular weight excluding hydrogens is 278 g/mol. The third kappa shape index (κ3) is 3.50. The molecule has 0 aromatic heterocycles. The lowest BCUT2D eigenvalue weighted by molar-refractivity contribution is -0.142. The van der Waals surface area contributed by atoms with Crippen molar-refractivity contribution in [2.24, 2.45) is 0 Å². The molecule has 7 nitrogen and oxygen atoms in total. The average molecular weight is 293 g/mol. The molecule has 21 heavy (non-hydrogen) atoms. The highest BCUT2D eigenvalue weighted by atomic mass is 16.5. The van der Waals surface area contributed by atoms with Gasteiger partial charge in [-0.2, -0.15) is 0 Å². The van der Waals surface area contributed by atoms with Gasteiger partial charge in [-0.25, -0.2) is 0 Å². The van der Waals surface area contributed by atoms with Crippen LogP contribution in [0.4, 0.5) is 5.69 Å². The van der Waals surface area contributed by atoms with Crippen molar-refractivity contribution in [3.63, 3.8) is 0 Å². The van der Waals surface area contributed by atoms with E-state index in [1.165, 1.54) is 17.9 Å². The number of esters is 2. The van der Waals surface area contributed by atoms with Crippen LogP contribution in [0, 0.1) is 0 Å². The quantitative estimate of drug-likeness (QED) is 0.606. The Bertz CT molecular complexity index is 583. The summed E-state index contributed by atoms with van der Waals surface area (Å²) in [4.78, 5) is 35.7. The van der Waals surface area contributed by atoms with E-state index in [-0.39, 0.29) is 31.4 Å². The fraction of sp³-hybridized carbons (Fsp3) is 0.357. The first-order valence-corrected chi connectivity index (χ1v) is 6.42. The largest absolute Gasteiger partial charge is 0.482 e. The lowest BCUT2D eigenvalue weighted by atomic mass is 10.2. The van der Waals surface area contributed by atoms with Gasteiger partial charge in [-0.15, -0.1) is 0 Å². The van der Waals surface area contributed by atoms with Gasteiger partial charge in [0, 0.05) is 13.0 Å². The number of fused-ring (bicyclic) bond motifs is 1. The Morgan fingerprint density at radius 3 is 2.81 bits per heavy atom. The van der Waals surface area contributed by atoms with E-state index in [9.17, 15) is 14.4 Å².